The molecule has 2 atom stereocenters. The number of terminal acetylenes is 1. The van der Waals surface area contributed by atoms with E-state index in [1.807, 2.05) is 6.92 Å². The van der Waals surface area contributed by atoms with Crippen molar-refractivity contribution in [3.05, 3.63) is 0 Å². The summed E-state index contributed by atoms with van der Waals surface area (Å²) in [6.45, 7) is 5.85. The van der Waals surface area contributed by atoms with Gasteiger partial charge >= 0.3 is 0 Å². The van der Waals surface area contributed by atoms with E-state index in [0.29, 0.717) is 0 Å². The fraction of sp³-hybridized carbons (Fsp3) is 0.667. The highest BCUT2D eigenvalue weighted by molar-refractivity contribution is 6.02. The van der Waals surface area contributed by atoms with E-state index >= 15 is 0 Å². The van der Waals surface area contributed by atoms with Crippen LogP contribution in [-0.4, -0.2) is 24.9 Å². The van der Waals surface area contributed by atoms with Crippen LogP contribution in [0.15, 0.2) is 5.16 Å². The van der Waals surface area contributed by atoms with Crippen molar-refractivity contribution in [2.24, 2.45) is 11.1 Å². The fourth-order valence-corrected chi connectivity index (χ4v) is 1.13. The Balaban J connectivity index is 2.40. The number of hydrogen-bond acceptors (Lipinski definition) is 3. The Hall–Kier alpha value is -1.01. The Kier molecular flexibility index (Phi) is 3.12. The van der Waals surface area contributed by atoms with Crippen molar-refractivity contribution >= 4 is 5.71 Å². The largest absolute Gasteiger partial charge is 0.390 e. The summed E-state index contributed by atoms with van der Waals surface area (Å²) in [5, 5.41) is 7.01. The van der Waals surface area contributed by atoms with Crippen molar-refractivity contribution in [2.75, 3.05) is 13.1 Å². The smallest absolute Gasteiger partial charge is 0.148 e. The Morgan fingerprint density at radius 2 is 2.50 bits per heavy atom. The van der Waals surface area contributed by atoms with Crippen LogP contribution >= 0.6 is 0 Å². The lowest BCUT2D eigenvalue weighted by Crippen LogP contribution is -2.32. The number of oxime groups is 1. The average Bonchev–Trinajstić information content (AvgIpc) is 2.43. The maximum absolute atomic E-state index is 5.23. The highest BCUT2D eigenvalue weighted by Crippen LogP contribution is 2.16. The van der Waals surface area contributed by atoms with Gasteiger partial charge in [-0.3, -0.25) is 0 Å². The zero-order valence-electron chi connectivity index (χ0n) is 7.50. The average molecular weight is 166 g/mol. The maximum atomic E-state index is 5.23. The van der Waals surface area contributed by atoms with Gasteiger partial charge in [0.2, 0.25) is 0 Å². The van der Waals surface area contributed by atoms with Gasteiger partial charge in [0.1, 0.15) is 11.8 Å². The molecule has 0 aliphatic carbocycles. The number of likely N-dealkylation sites (N-methyl/N-ethyl adjacent to an activating group) is 1. The minimum Gasteiger partial charge on any atom is -0.390 e. The zero-order valence-corrected chi connectivity index (χ0v) is 7.50. The van der Waals surface area contributed by atoms with Crippen molar-refractivity contribution in [1.29, 1.82) is 0 Å². The molecule has 1 N–H and O–H groups in total. The van der Waals surface area contributed by atoms with E-state index in [-0.39, 0.29) is 12.0 Å². The fourth-order valence-electron chi connectivity index (χ4n) is 1.13. The first kappa shape index (κ1) is 9.08. The summed E-state index contributed by atoms with van der Waals surface area (Å²) in [7, 11) is 0. The normalized spacial score (nSPS) is 27.6. The van der Waals surface area contributed by atoms with E-state index in [2.05, 4.69) is 23.3 Å². The van der Waals surface area contributed by atoms with E-state index in [9.17, 15) is 0 Å². The van der Waals surface area contributed by atoms with E-state index in [1.165, 1.54) is 0 Å². The van der Waals surface area contributed by atoms with Gasteiger partial charge < -0.3 is 10.2 Å². The maximum Gasteiger partial charge on any atom is 0.148 e. The van der Waals surface area contributed by atoms with E-state index < -0.39 is 0 Å². The molecule has 0 aromatic rings. The van der Waals surface area contributed by atoms with Gasteiger partial charge in [0, 0.05) is 6.54 Å². The quantitative estimate of drug-likeness (QED) is 0.623. The molecule has 3 heteroatoms. The molecular weight excluding hydrogens is 152 g/mol. The molecule has 12 heavy (non-hydrogen) atoms. The number of hydrogen-bond donors (Lipinski definition) is 1. The molecule has 2 unspecified atom stereocenters. The third-order valence-corrected chi connectivity index (χ3v) is 2.02. The first-order valence-corrected chi connectivity index (χ1v) is 4.20. The summed E-state index contributed by atoms with van der Waals surface area (Å²) in [6.07, 6.45) is 5.34. The third-order valence-electron chi connectivity index (χ3n) is 2.02. The van der Waals surface area contributed by atoms with Gasteiger partial charge in [-0.15, -0.1) is 6.42 Å². The Bertz CT molecular complexity index is 217. The summed E-state index contributed by atoms with van der Waals surface area (Å²) < 4.78 is 0. The molecule has 0 amide bonds. The lowest BCUT2D eigenvalue weighted by molar-refractivity contribution is 0.0659. The molecule has 1 aliphatic rings. The molecule has 0 aromatic carbocycles. The Labute approximate surface area is 73.2 Å². The minimum atomic E-state index is 0.107. The summed E-state index contributed by atoms with van der Waals surface area (Å²) in [5.41, 5.74) is 0.720. The molecule has 1 rings (SSSR count). The van der Waals surface area contributed by atoms with E-state index in [4.69, 9.17) is 11.3 Å². The van der Waals surface area contributed by atoms with Crippen LogP contribution in [0.25, 0.3) is 0 Å². The summed E-state index contributed by atoms with van der Waals surface area (Å²) in [5.74, 6) is 2.76. The second-order valence-corrected chi connectivity index (χ2v) is 2.86. The van der Waals surface area contributed by atoms with Gasteiger partial charge in [-0.1, -0.05) is 24.9 Å². The van der Waals surface area contributed by atoms with Gasteiger partial charge in [0.05, 0.1) is 5.92 Å². The first-order chi connectivity index (χ1) is 5.79. The molecule has 0 spiro atoms. The zero-order chi connectivity index (χ0) is 8.97. The standard InChI is InChI=1S/C9H14N2O/c1-4-8-7(3)9(12-11-8)6-10-5-2/h1,7,9-10H,5-6H2,2-3H3. The molecule has 3 nitrogen and oxygen atoms in total. The van der Waals surface area contributed by atoms with E-state index in [0.717, 1.165) is 18.8 Å². The monoisotopic (exact) mass is 166 g/mol. The van der Waals surface area contributed by atoms with Crippen LogP contribution in [0.5, 0.6) is 0 Å². The van der Waals surface area contributed by atoms with Crippen LogP contribution < -0.4 is 5.32 Å². The molecule has 0 fully saturated rings. The van der Waals surface area contributed by atoms with Crippen LogP contribution in [0.1, 0.15) is 13.8 Å². The lowest BCUT2D eigenvalue weighted by Gasteiger charge is -2.12. The van der Waals surface area contributed by atoms with Crippen LogP contribution in [-0.2, 0) is 4.84 Å². The van der Waals surface area contributed by atoms with Crippen LogP contribution in [0.4, 0.5) is 0 Å². The van der Waals surface area contributed by atoms with Gasteiger partial charge in [-0.2, -0.15) is 0 Å². The molecule has 1 heterocycles. The van der Waals surface area contributed by atoms with Gasteiger partial charge in [0.15, 0.2) is 0 Å². The summed E-state index contributed by atoms with van der Waals surface area (Å²) in [4.78, 5) is 5.15. The Morgan fingerprint density at radius 1 is 1.75 bits per heavy atom. The molecular formula is C9H14N2O. The highest BCUT2D eigenvalue weighted by Gasteiger charge is 2.28. The third kappa shape index (κ3) is 1.77. The lowest BCUT2D eigenvalue weighted by atomic mass is 10.0. The minimum absolute atomic E-state index is 0.107. The summed E-state index contributed by atoms with van der Waals surface area (Å²) in [6, 6.07) is 0. The second-order valence-electron chi connectivity index (χ2n) is 2.86. The molecule has 0 saturated carbocycles. The molecule has 0 radical (unpaired) electrons. The van der Waals surface area contributed by atoms with E-state index in [1.54, 1.807) is 0 Å². The van der Waals surface area contributed by atoms with Gasteiger partial charge in [-0.25, -0.2) is 0 Å². The topological polar surface area (TPSA) is 33.6 Å². The second kappa shape index (κ2) is 4.13. The molecule has 1 aliphatic heterocycles. The predicted molar refractivity (Wildman–Crippen MR) is 48.8 cm³/mol. The number of nitrogens with zero attached hydrogens (tertiary/aromatic N) is 1. The predicted octanol–water partition coefficient (Wildman–Crippen LogP) is 0.620. The number of nitrogens with one attached hydrogen (secondary N) is 1. The van der Waals surface area contributed by atoms with Crippen molar-refractivity contribution in [1.82, 2.24) is 5.32 Å². The summed E-state index contributed by atoms with van der Waals surface area (Å²) >= 11 is 0. The van der Waals surface area contributed by atoms with Crippen LogP contribution in [0.3, 0.4) is 0 Å². The van der Waals surface area contributed by atoms with Crippen molar-refractivity contribution in [3.8, 4) is 12.3 Å². The van der Waals surface area contributed by atoms with Crippen molar-refractivity contribution < 1.29 is 4.84 Å². The SMILES string of the molecule is C#CC1=NOC(CNCC)C1C. The molecule has 0 aromatic heterocycles. The molecule has 66 valence electrons. The van der Waals surface area contributed by atoms with Crippen molar-refractivity contribution in [3.63, 3.8) is 0 Å². The van der Waals surface area contributed by atoms with Crippen LogP contribution in [0.2, 0.25) is 0 Å². The first-order valence-electron chi connectivity index (χ1n) is 4.20. The molecule has 0 bridgehead atoms. The van der Waals surface area contributed by atoms with Gasteiger partial charge in [0.25, 0.3) is 0 Å². The van der Waals surface area contributed by atoms with Crippen molar-refractivity contribution in [2.45, 2.75) is 20.0 Å². The van der Waals surface area contributed by atoms with Crippen LogP contribution in [0, 0.1) is 18.3 Å². The molecule has 0 saturated heterocycles. The highest BCUT2D eigenvalue weighted by atomic mass is 16.6. The Morgan fingerprint density at radius 3 is 3.00 bits per heavy atom. The number of rotatable bonds is 3. The van der Waals surface area contributed by atoms with Gasteiger partial charge in [-0.05, 0) is 6.54 Å².